The van der Waals surface area contributed by atoms with Gasteiger partial charge in [0.15, 0.2) is 16.6 Å². The zero-order valence-electron chi connectivity index (χ0n) is 18.2. The average molecular weight is 416 g/mol. The van der Waals surface area contributed by atoms with Crippen molar-refractivity contribution in [3.05, 3.63) is 53.6 Å². The summed E-state index contributed by atoms with van der Waals surface area (Å²) in [6.45, 7) is 7.23. The van der Waals surface area contributed by atoms with Gasteiger partial charge in [-0.15, -0.1) is 0 Å². The molecule has 0 aromatic heterocycles. The van der Waals surface area contributed by atoms with E-state index >= 15 is 0 Å². The lowest BCUT2D eigenvalue weighted by molar-refractivity contribution is 0.309. The second kappa shape index (κ2) is 11.6. The van der Waals surface area contributed by atoms with E-state index in [1.54, 1.807) is 7.11 Å². The van der Waals surface area contributed by atoms with Crippen molar-refractivity contribution >= 4 is 23.0 Å². The summed E-state index contributed by atoms with van der Waals surface area (Å²) >= 11 is 5.75. The molecule has 0 aliphatic heterocycles. The van der Waals surface area contributed by atoms with Gasteiger partial charge >= 0.3 is 0 Å². The molecule has 0 fully saturated rings. The number of hydrogen-bond donors (Lipinski definition) is 1. The van der Waals surface area contributed by atoms with Gasteiger partial charge in [-0.05, 0) is 88.5 Å². The van der Waals surface area contributed by atoms with Crippen LogP contribution in [0.25, 0.3) is 0 Å². The molecule has 6 heteroatoms. The number of hydrogen-bond acceptors (Lipinski definition) is 4. The second-order valence-corrected chi connectivity index (χ2v) is 7.68. The van der Waals surface area contributed by atoms with E-state index < -0.39 is 0 Å². The number of thiocarbonyl (C=S) groups is 1. The van der Waals surface area contributed by atoms with E-state index in [2.05, 4.69) is 54.3 Å². The summed E-state index contributed by atoms with van der Waals surface area (Å²) < 4.78 is 11.1. The van der Waals surface area contributed by atoms with Crippen molar-refractivity contribution in [2.24, 2.45) is 0 Å². The Morgan fingerprint density at radius 3 is 2.52 bits per heavy atom. The van der Waals surface area contributed by atoms with Gasteiger partial charge in [0.05, 0.1) is 13.7 Å². The molecule has 0 heterocycles. The summed E-state index contributed by atoms with van der Waals surface area (Å²) in [7, 11) is 5.84. The Morgan fingerprint density at radius 1 is 1.07 bits per heavy atom. The molecule has 1 N–H and O–H groups in total. The summed E-state index contributed by atoms with van der Waals surface area (Å²) in [4.78, 5) is 4.39. The number of benzene rings is 2. The Bertz CT molecular complexity index is 795. The maximum atomic E-state index is 5.75. The monoisotopic (exact) mass is 415 g/mol. The van der Waals surface area contributed by atoms with Crippen LogP contribution in [-0.4, -0.2) is 55.8 Å². The van der Waals surface area contributed by atoms with Crippen molar-refractivity contribution in [1.82, 2.24) is 9.80 Å². The van der Waals surface area contributed by atoms with E-state index in [1.165, 1.54) is 5.56 Å². The summed E-state index contributed by atoms with van der Waals surface area (Å²) in [6, 6.07) is 14.3. The maximum Gasteiger partial charge on any atom is 0.173 e. The summed E-state index contributed by atoms with van der Waals surface area (Å²) in [6.07, 6.45) is 1.02. The Labute approximate surface area is 180 Å². The van der Waals surface area contributed by atoms with Crippen molar-refractivity contribution in [2.45, 2.75) is 26.8 Å². The highest BCUT2D eigenvalue weighted by molar-refractivity contribution is 7.80. The van der Waals surface area contributed by atoms with Gasteiger partial charge in [0.25, 0.3) is 0 Å². The fourth-order valence-electron chi connectivity index (χ4n) is 3.06. The van der Waals surface area contributed by atoms with Crippen LogP contribution in [0.5, 0.6) is 11.5 Å². The first-order valence-electron chi connectivity index (χ1n) is 10.00. The Balaban J connectivity index is 2.15. The van der Waals surface area contributed by atoms with Crippen molar-refractivity contribution < 1.29 is 9.47 Å². The predicted molar refractivity (Wildman–Crippen MR) is 125 cm³/mol. The van der Waals surface area contributed by atoms with Crippen LogP contribution in [0, 0.1) is 6.92 Å². The van der Waals surface area contributed by atoms with Crippen LogP contribution in [-0.2, 0) is 6.54 Å². The van der Waals surface area contributed by atoms with E-state index in [4.69, 9.17) is 21.7 Å². The number of nitrogens with zero attached hydrogens (tertiary/aromatic N) is 2. The third-order valence-electron chi connectivity index (χ3n) is 4.49. The SMILES string of the molecule is CCOc1ccc(CN(CCCN(C)C)C(=S)Nc2cccc(C)c2)cc1OC. The molecule has 0 unspecified atom stereocenters. The maximum absolute atomic E-state index is 5.75. The molecule has 0 aliphatic carbocycles. The summed E-state index contributed by atoms with van der Waals surface area (Å²) in [5.74, 6) is 1.51. The summed E-state index contributed by atoms with van der Waals surface area (Å²) in [5.41, 5.74) is 3.34. The fourth-order valence-corrected chi connectivity index (χ4v) is 3.33. The molecule has 0 atom stereocenters. The van der Waals surface area contributed by atoms with Crippen molar-refractivity contribution in [3.63, 3.8) is 0 Å². The van der Waals surface area contributed by atoms with Gasteiger partial charge in [0.1, 0.15) is 0 Å². The molecule has 2 rings (SSSR count). The van der Waals surface area contributed by atoms with E-state index in [0.29, 0.717) is 13.2 Å². The van der Waals surface area contributed by atoms with E-state index in [9.17, 15) is 0 Å². The molecule has 0 spiro atoms. The normalized spacial score (nSPS) is 10.7. The van der Waals surface area contributed by atoms with E-state index in [0.717, 1.165) is 47.4 Å². The number of rotatable bonds is 10. The van der Waals surface area contributed by atoms with Gasteiger partial charge in [-0.3, -0.25) is 0 Å². The lowest BCUT2D eigenvalue weighted by atomic mass is 10.2. The smallest absolute Gasteiger partial charge is 0.173 e. The van der Waals surface area contributed by atoms with Crippen molar-refractivity contribution in [3.8, 4) is 11.5 Å². The molecule has 0 saturated heterocycles. The minimum absolute atomic E-state index is 0.608. The number of ether oxygens (including phenoxy) is 2. The lowest BCUT2D eigenvalue weighted by Crippen LogP contribution is -2.36. The highest BCUT2D eigenvalue weighted by Gasteiger charge is 2.13. The summed E-state index contributed by atoms with van der Waals surface area (Å²) in [5, 5.41) is 4.11. The Morgan fingerprint density at radius 2 is 1.86 bits per heavy atom. The van der Waals surface area contributed by atoms with Crippen molar-refractivity contribution in [1.29, 1.82) is 0 Å². The van der Waals surface area contributed by atoms with Crippen LogP contribution >= 0.6 is 12.2 Å². The molecule has 5 nitrogen and oxygen atoms in total. The number of nitrogens with one attached hydrogen (secondary N) is 1. The molecular formula is C23H33N3O2S. The van der Waals surface area contributed by atoms with Gasteiger partial charge in [-0.2, -0.15) is 0 Å². The highest BCUT2D eigenvalue weighted by atomic mass is 32.1. The van der Waals surface area contributed by atoms with Gasteiger partial charge in [0, 0.05) is 18.8 Å². The predicted octanol–water partition coefficient (Wildman–Crippen LogP) is 4.55. The quantitative estimate of drug-likeness (QED) is 0.574. The number of methoxy groups -OCH3 is 1. The Kier molecular flexibility index (Phi) is 9.22. The second-order valence-electron chi connectivity index (χ2n) is 7.30. The third-order valence-corrected chi connectivity index (χ3v) is 4.85. The molecular weight excluding hydrogens is 382 g/mol. The van der Waals surface area contributed by atoms with Gasteiger partial charge < -0.3 is 24.6 Å². The molecule has 2 aromatic rings. The molecule has 158 valence electrons. The van der Waals surface area contributed by atoms with Crippen LogP contribution in [0.2, 0.25) is 0 Å². The van der Waals surface area contributed by atoms with E-state index in [-0.39, 0.29) is 0 Å². The molecule has 0 aliphatic rings. The van der Waals surface area contributed by atoms with E-state index in [1.807, 2.05) is 31.2 Å². The minimum atomic E-state index is 0.608. The van der Waals surface area contributed by atoms with Crippen LogP contribution in [0.1, 0.15) is 24.5 Å². The number of anilines is 1. The van der Waals surface area contributed by atoms with Gasteiger partial charge in [0.2, 0.25) is 0 Å². The molecule has 0 amide bonds. The lowest BCUT2D eigenvalue weighted by Gasteiger charge is -2.27. The molecule has 0 bridgehead atoms. The highest BCUT2D eigenvalue weighted by Crippen LogP contribution is 2.28. The van der Waals surface area contributed by atoms with Crippen LogP contribution in [0.3, 0.4) is 0 Å². The zero-order valence-corrected chi connectivity index (χ0v) is 19.0. The zero-order chi connectivity index (χ0) is 21.2. The topological polar surface area (TPSA) is 37.0 Å². The van der Waals surface area contributed by atoms with Gasteiger partial charge in [-0.1, -0.05) is 18.2 Å². The number of aryl methyl sites for hydroxylation is 1. The van der Waals surface area contributed by atoms with Crippen molar-refractivity contribution in [2.75, 3.05) is 46.2 Å². The minimum Gasteiger partial charge on any atom is -0.493 e. The molecule has 0 radical (unpaired) electrons. The standard InChI is InChI=1S/C23H33N3O2S/c1-6-28-21-12-11-19(16-22(21)27-5)17-26(14-8-13-25(3)4)23(29)24-20-10-7-9-18(2)15-20/h7,9-12,15-16H,6,8,13-14,17H2,1-5H3,(H,24,29). The molecule has 2 aromatic carbocycles. The third kappa shape index (κ3) is 7.55. The first-order chi connectivity index (χ1) is 13.9. The molecule has 0 saturated carbocycles. The fraction of sp³-hybridized carbons (Fsp3) is 0.435. The first-order valence-corrected chi connectivity index (χ1v) is 10.4. The van der Waals surface area contributed by atoms with Crippen LogP contribution < -0.4 is 14.8 Å². The Hall–Kier alpha value is -2.31. The molecule has 29 heavy (non-hydrogen) atoms. The average Bonchev–Trinajstić information content (AvgIpc) is 2.68. The van der Waals surface area contributed by atoms with Gasteiger partial charge in [-0.25, -0.2) is 0 Å². The van der Waals surface area contributed by atoms with Crippen LogP contribution in [0.4, 0.5) is 5.69 Å². The van der Waals surface area contributed by atoms with Crippen LogP contribution in [0.15, 0.2) is 42.5 Å². The first kappa shape index (κ1) is 23.0. The largest absolute Gasteiger partial charge is 0.493 e.